The van der Waals surface area contributed by atoms with Gasteiger partial charge in [-0.2, -0.15) is 0 Å². The molecule has 1 N–H and O–H groups in total. The third-order valence-electron chi connectivity index (χ3n) is 4.08. The number of hydrogen-bond acceptors (Lipinski definition) is 1. The SMILES string of the molecule is Clc1ccc(C2CNCCC2c2ccc(Br)cc2)cc1. The molecule has 2 unspecified atom stereocenters. The number of benzene rings is 2. The number of nitrogens with one attached hydrogen (secondary N) is 1. The zero-order valence-corrected chi connectivity index (χ0v) is 13.5. The highest BCUT2D eigenvalue weighted by Crippen LogP contribution is 2.37. The molecule has 3 heteroatoms. The molecule has 1 heterocycles. The average Bonchev–Trinajstić information content (AvgIpc) is 2.49. The Morgan fingerprint density at radius 1 is 0.900 bits per heavy atom. The Morgan fingerprint density at radius 3 is 2.20 bits per heavy atom. The standard InChI is InChI=1S/C17H17BrClN/c18-14-5-1-12(2-6-14)16-9-10-20-11-17(16)13-3-7-15(19)8-4-13/h1-8,16-17,20H,9-11H2. The van der Waals surface area contributed by atoms with Gasteiger partial charge in [0.15, 0.2) is 0 Å². The summed E-state index contributed by atoms with van der Waals surface area (Å²) in [6.45, 7) is 2.12. The van der Waals surface area contributed by atoms with Crippen molar-refractivity contribution in [1.82, 2.24) is 5.32 Å². The van der Waals surface area contributed by atoms with Crippen LogP contribution in [0.15, 0.2) is 53.0 Å². The van der Waals surface area contributed by atoms with Crippen LogP contribution in [0, 0.1) is 0 Å². The van der Waals surface area contributed by atoms with Gasteiger partial charge in [-0.3, -0.25) is 0 Å². The van der Waals surface area contributed by atoms with Gasteiger partial charge in [-0.15, -0.1) is 0 Å². The summed E-state index contributed by atoms with van der Waals surface area (Å²) < 4.78 is 1.14. The highest BCUT2D eigenvalue weighted by molar-refractivity contribution is 9.10. The molecule has 2 aromatic carbocycles. The molecule has 20 heavy (non-hydrogen) atoms. The minimum atomic E-state index is 0.516. The largest absolute Gasteiger partial charge is 0.316 e. The van der Waals surface area contributed by atoms with Crippen LogP contribution in [0.1, 0.15) is 29.4 Å². The molecule has 0 amide bonds. The smallest absolute Gasteiger partial charge is 0.0406 e. The highest BCUT2D eigenvalue weighted by Gasteiger charge is 2.27. The lowest BCUT2D eigenvalue weighted by atomic mass is 9.77. The van der Waals surface area contributed by atoms with Gasteiger partial charge in [0, 0.05) is 22.0 Å². The first-order valence-corrected chi connectivity index (χ1v) is 8.13. The van der Waals surface area contributed by atoms with E-state index in [1.165, 1.54) is 17.5 Å². The fourth-order valence-electron chi connectivity index (χ4n) is 3.03. The van der Waals surface area contributed by atoms with Gasteiger partial charge in [0.1, 0.15) is 0 Å². The van der Waals surface area contributed by atoms with Crippen LogP contribution in [-0.2, 0) is 0 Å². The van der Waals surface area contributed by atoms with Crippen molar-refractivity contribution in [3.63, 3.8) is 0 Å². The Morgan fingerprint density at radius 2 is 1.50 bits per heavy atom. The first kappa shape index (κ1) is 14.1. The summed E-state index contributed by atoms with van der Waals surface area (Å²) in [4.78, 5) is 0. The fraction of sp³-hybridized carbons (Fsp3) is 0.294. The lowest BCUT2D eigenvalue weighted by Gasteiger charge is -2.33. The quantitative estimate of drug-likeness (QED) is 0.807. The first-order chi connectivity index (χ1) is 9.74. The summed E-state index contributed by atoms with van der Waals surface area (Å²) in [5.74, 6) is 1.09. The first-order valence-electron chi connectivity index (χ1n) is 6.95. The van der Waals surface area contributed by atoms with E-state index in [1.807, 2.05) is 12.1 Å². The number of piperidine rings is 1. The van der Waals surface area contributed by atoms with E-state index in [0.29, 0.717) is 11.8 Å². The van der Waals surface area contributed by atoms with Gasteiger partial charge in [0.25, 0.3) is 0 Å². The maximum Gasteiger partial charge on any atom is 0.0406 e. The van der Waals surface area contributed by atoms with E-state index in [1.54, 1.807) is 0 Å². The zero-order chi connectivity index (χ0) is 13.9. The molecular weight excluding hydrogens is 334 g/mol. The fourth-order valence-corrected chi connectivity index (χ4v) is 3.42. The summed E-state index contributed by atoms with van der Waals surface area (Å²) in [5.41, 5.74) is 2.80. The van der Waals surface area contributed by atoms with Gasteiger partial charge in [-0.1, -0.05) is 51.8 Å². The van der Waals surface area contributed by atoms with Gasteiger partial charge < -0.3 is 5.32 Å². The van der Waals surface area contributed by atoms with Crippen LogP contribution in [-0.4, -0.2) is 13.1 Å². The van der Waals surface area contributed by atoms with E-state index in [-0.39, 0.29) is 0 Å². The van der Waals surface area contributed by atoms with Crippen LogP contribution in [0.3, 0.4) is 0 Å². The van der Waals surface area contributed by atoms with Gasteiger partial charge in [0.05, 0.1) is 0 Å². The Kier molecular flexibility index (Phi) is 4.45. The molecule has 3 rings (SSSR count). The molecule has 1 fully saturated rings. The lowest BCUT2D eigenvalue weighted by Crippen LogP contribution is -2.34. The van der Waals surface area contributed by atoms with Crippen LogP contribution in [0.4, 0.5) is 0 Å². The molecule has 0 bridgehead atoms. The predicted octanol–water partition coefficient (Wildman–Crippen LogP) is 4.96. The molecule has 0 aromatic heterocycles. The van der Waals surface area contributed by atoms with Gasteiger partial charge in [-0.25, -0.2) is 0 Å². The Balaban J connectivity index is 1.90. The molecule has 1 nitrogen and oxygen atoms in total. The second kappa shape index (κ2) is 6.30. The Hall–Kier alpha value is -0.830. The Bertz CT molecular complexity index is 511. The molecule has 1 aliphatic heterocycles. The molecular formula is C17H17BrClN. The van der Waals surface area contributed by atoms with Crippen molar-refractivity contribution in [3.8, 4) is 0 Å². The molecule has 0 aliphatic carbocycles. The highest BCUT2D eigenvalue weighted by atomic mass is 79.9. The van der Waals surface area contributed by atoms with E-state index in [4.69, 9.17) is 11.6 Å². The van der Waals surface area contributed by atoms with Gasteiger partial charge >= 0.3 is 0 Å². The van der Waals surface area contributed by atoms with Gasteiger partial charge in [0.2, 0.25) is 0 Å². The summed E-state index contributed by atoms with van der Waals surface area (Å²) in [6, 6.07) is 17.0. The van der Waals surface area contributed by atoms with Gasteiger partial charge in [-0.05, 0) is 54.3 Å². The molecule has 2 atom stereocenters. The van der Waals surface area contributed by atoms with E-state index in [0.717, 1.165) is 22.6 Å². The third-order valence-corrected chi connectivity index (χ3v) is 4.86. The molecule has 104 valence electrons. The minimum absolute atomic E-state index is 0.516. The number of halogens is 2. The lowest BCUT2D eigenvalue weighted by molar-refractivity contribution is 0.404. The number of rotatable bonds is 2. The van der Waals surface area contributed by atoms with Crippen molar-refractivity contribution < 1.29 is 0 Å². The van der Waals surface area contributed by atoms with Crippen molar-refractivity contribution in [2.24, 2.45) is 0 Å². The second-order valence-corrected chi connectivity index (χ2v) is 6.66. The third kappa shape index (κ3) is 3.08. The molecule has 0 saturated carbocycles. The normalized spacial score (nSPS) is 22.7. The summed E-state index contributed by atoms with van der Waals surface area (Å²) in [6.07, 6.45) is 1.18. The maximum absolute atomic E-state index is 6.00. The van der Waals surface area contributed by atoms with Crippen molar-refractivity contribution in [2.75, 3.05) is 13.1 Å². The molecule has 0 radical (unpaired) electrons. The van der Waals surface area contributed by atoms with Crippen LogP contribution in [0.2, 0.25) is 5.02 Å². The summed E-state index contributed by atoms with van der Waals surface area (Å²) in [7, 11) is 0. The summed E-state index contributed by atoms with van der Waals surface area (Å²) in [5, 5.41) is 4.32. The minimum Gasteiger partial charge on any atom is -0.316 e. The van der Waals surface area contributed by atoms with Crippen molar-refractivity contribution in [3.05, 3.63) is 69.2 Å². The monoisotopic (exact) mass is 349 g/mol. The van der Waals surface area contributed by atoms with Crippen molar-refractivity contribution in [1.29, 1.82) is 0 Å². The van der Waals surface area contributed by atoms with Crippen LogP contribution >= 0.6 is 27.5 Å². The zero-order valence-electron chi connectivity index (χ0n) is 11.2. The topological polar surface area (TPSA) is 12.0 Å². The molecule has 1 saturated heterocycles. The number of hydrogen-bond donors (Lipinski definition) is 1. The van der Waals surface area contributed by atoms with Crippen LogP contribution in [0.5, 0.6) is 0 Å². The van der Waals surface area contributed by atoms with Crippen LogP contribution < -0.4 is 5.32 Å². The van der Waals surface area contributed by atoms with Crippen LogP contribution in [0.25, 0.3) is 0 Å². The van der Waals surface area contributed by atoms with E-state index >= 15 is 0 Å². The molecule has 0 spiro atoms. The predicted molar refractivity (Wildman–Crippen MR) is 88.6 cm³/mol. The van der Waals surface area contributed by atoms with E-state index in [2.05, 4.69) is 57.6 Å². The molecule has 1 aliphatic rings. The van der Waals surface area contributed by atoms with E-state index in [9.17, 15) is 0 Å². The molecule has 2 aromatic rings. The van der Waals surface area contributed by atoms with E-state index < -0.39 is 0 Å². The average molecular weight is 351 g/mol. The van der Waals surface area contributed by atoms with Crippen molar-refractivity contribution >= 4 is 27.5 Å². The maximum atomic E-state index is 6.00. The Labute approximate surface area is 133 Å². The second-order valence-electron chi connectivity index (χ2n) is 5.31. The summed E-state index contributed by atoms with van der Waals surface area (Å²) >= 11 is 9.51. The van der Waals surface area contributed by atoms with Crippen molar-refractivity contribution in [2.45, 2.75) is 18.3 Å².